The predicted octanol–water partition coefficient (Wildman–Crippen LogP) is 2.65. The SMILES string of the molecule is [2H]C([2H])([2H])n1c(C)c(C(=O)Nc2ccc(F)c(C#N)c2)c(C)c1C(=O)C(=O)OCC. The number of Topliss-reactive ketones (excluding diaryl/α,β-unsaturated/α-hetero) is 1. The second-order valence-corrected chi connectivity index (χ2v) is 5.58. The minimum absolute atomic E-state index is 0.0261. The van der Waals surface area contributed by atoms with E-state index in [1.54, 1.807) is 6.07 Å². The summed E-state index contributed by atoms with van der Waals surface area (Å²) in [5.74, 6) is -3.99. The van der Waals surface area contributed by atoms with Crippen molar-refractivity contribution >= 4 is 23.3 Å². The van der Waals surface area contributed by atoms with Crippen LogP contribution in [0.1, 0.15) is 48.7 Å². The fourth-order valence-corrected chi connectivity index (χ4v) is 2.62. The van der Waals surface area contributed by atoms with E-state index in [1.165, 1.54) is 26.8 Å². The molecular formula is C19H18FN3O4. The molecule has 1 heterocycles. The number of carbonyl (C=O) groups excluding carboxylic acids is 3. The van der Waals surface area contributed by atoms with E-state index in [9.17, 15) is 18.8 Å². The van der Waals surface area contributed by atoms with Gasteiger partial charge in [-0.2, -0.15) is 5.26 Å². The highest BCUT2D eigenvalue weighted by Gasteiger charge is 2.29. The molecular weight excluding hydrogens is 353 g/mol. The van der Waals surface area contributed by atoms with E-state index in [4.69, 9.17) is 9.37 Å². The number of nitrogens with zero attached hydrogens (tertiary/aromatic N) is 2. The molecule has 1 amide bonds. The summed E-state index contributed by atoms with van der Waals surface area (Å²) in [6.45, 7) is 1.21. The highest BCUT2D eigenvalue weighted by atomic mass is 19.1. The Labute approximate surface area is 159 Å². The molecule has 0 saturated carbocycles. The number of esters is 1. The summed E-state index contributed by atoms with van der Waals surface area (Å²) in [4.78, 5) is 37.3. The lowest BCUT2D eigenvalue weighted by Gasteiger charge is -2.07. The number of halogens is 1. The maximum absolute atomic E-state index is 13.5. The number of amides is 1. The van der Waals surface area contributed by atoms with Gasteiger partial charge in [0.15, 0.2) is 0 Å². The number of anilines is 1. The number of carbonyl (C=O) groups is 3. The van der Waals surface area contributed by atoms with Gasteiger partial charge in [0.1, 0.15) is 17.6 Å². The van der Waals surface area contributed by atoms with Gasteiger partial charge in [-0.05, 0) is 44.5 Å². The Morgan fingerprint density at radius 2 is 2.07 bits per heavy atom. The molecule has 0 unspecified atom stereocenters. The first-order chi connectivity index (χ1) is 13.9. The zero-order valence-electron chi connectivity index (χ0n) is 17.8. The van der Waals surface area contributed by atoms with Crippen molar-refractivity contribution in [3.8, 4) is 6.07 Å². The third-order valence-electron chi connectivity index (χ3n) is 3.90. The van der Waals surface area contributed by atoms with Crippen molar-refractivity contribution in [3.63, 3.8) is 0 Å². The van der Waals surface area contributed by atoms with Crippen LogP contribution in [0.5, 0.6) is 0 Å². The molecule has 2 aromatic rings. The fourth-order valence-electron chi connectivity index (χ4n) is 2.62. The molecule has 0 atom stereocenters. The van der Waals surface area contributed by atoms with Crippen LogP contribution in [0.15, 0.2) is 18.2 Å². The molecule has 7 nitrogen and oxygen atoms in total. The minimum Gasteiger partial charge on any atom is -0.460 e. The standard InChI is InChI=1S/C19H18FN3O4/c1-5-27-19(26)17(24)16-10(2)15(11(3)23(16)4)18(25)22-13-6-7-14(20)12(8-13)9-21/h6-8H,5H2,1-4H3,(H,22,25)/i4D3. The van der Waals surface area contributed by atoms with Gasteiger partial charge >= 0.3 is 5.97 Å². The molecule has 0 saturated heterocycles. The quantitative estimate of drug-likeness (QED) is 0.492. The summed E-state index contributed by atoms with van der Waals surface area (Å²) < 4.78 is 42.0. The molecule has 0 aliphatic rings. The van der Waals surface area contributed by atoms with Gasteiger partial charge in [0.25, 0.3) is 11.7 Å². The third kappa shape index (κ3) is 3.72. The van der Waals surface area contributed by atoms with Gasteiger partial charge in [0.05, 0.1) is 17.7 Å². The first-order valence-electron chi connectivity index (χ1n) is 9.38. The first-order valence-corrected chi connectivity index (χ1v) is 7.88. The van der Waals surface area contributed by atoms with Gasteiger partial charge in [-0.1, -0.05) is 0 Å². The van der Waals surface area contributed by atoms with Gasteiger partial charge in [0.2, 0.25) is 0 Å². The molecule has 0 fully saturated rings. The van der Waals surface area contributed by atoms with Crippen molar-refractivity contribution in [2.24, 2.45) is 6.98 Å². The molecule has 8 heteroatoms. The van der Waals surface area contributed by atoms with Gasteiger partial charge in [-0.25, -0.2) is 9.18 Å². The largest absolute Gasteiger partial charge is 0.460 e. The highest BCUT2D eigenvalue weighted by molar-refractivity contribution is 6.40. The summed E-state index contributed by atoms with van der Waals surface area (Å²) in [6, 6.07) is 4.98. The Kier molecular flexibility index (Phi) is 4.57. The normalized spacial score (nSPS) is 12.3. The van der Waals surface area contributed by atoms with E-state index >= 15 is 0 Å². The number of ketones is 1. The number of nitriles is 1. The van der Waals surface area contributed by atoms with E-state index in [-0.39, 0.29) is 34.7 Å². The lowest BCUT2D eigenvalue weighted by molar-refractivity contribution is -0.137. The third-order valence-corrected chi connectivity index (χ3v) is 3.90. The lowest BCUT2D eigenvalue weighted by atomic mass is 10.1. The average Bonchev–Trinajstić information content (AvgIpc) is 2.93. The second kappa shape index (κ2) is 7.83. The number of ether oxygens (including phenoxy) is 1. The number of nitrogens with one attached hydrogen (secondary N) is 1. The maximum atomic E-state index is 13.5. The zero-order chi connectivity index (χ0) is 22.8. The number of aromatic nitrogens is 1. The van der Waals surface area contributed by atoms with Crippen LogP contribution >= 0.6 is 0 Å². The van der Waals surface area contributed by atoms with Crippen molar-refractivity contribution in [2.45, 2.75) is 20.8 Å². The molecule has 1 N–H and O–H groups in total. The molecule has 0 spiro atoms. The molecule has 0 bridgehead atoms. The highest BCUT2D eigenvalue weighted by Crippen LogP contribution is 2.24. The molecule has 0 radical (unpaired) electrons. The fraction of sp³-hybridized carbons (Fsp3) is 0.263. The maximum Gasteiger partial charge on any atom is 0.381 e. The molecule has 0 aliphatic heterocycles. The van der Waals surface area contributed by atoms with Crippen LogP contribution in [-0.4, -0.2) is 28.8 Å². The minimum atomic E-state index is -2.85. The van der Waals surface area contributed by atoms with Crippen LogP contribution in [0, 0.1) is 31.0 Å². The summed E-state index contributed by atoms with van der Waals surface area (Å²) >= 11 is 0. The topological polar surface area (TPSA) is 101 Å². The van der Waals surface area contributed by atoms with Crippen molar-refractivity contribution in [1.29, 1.82) is 5.26 Å². The van der Waals surface area contributed by atoms with Gasteiger partial charge < -0.3 is 14.6 Å². The molecule has 1 aromatic heterocycles. The zero-order valence-corrected chi connectivity index (χ0v) is 14.8. The van der Waals surface area contributed by atoms with E-state index in [2.05, 4.69) is 10.1 Å². The Hall–Kier alpha value is -3.47. The summed E-state index contributed by atoms with van der Waals surface area (Å²) in [6.07, 6.45) is 0. The molecule has 1 aromatic carbocycles. The molecule has 2 rings (SSSR count). The molecule has 140 valence electrons. The van der Waals surface area contributed by atoms with Crippen LogP contribution in [0.4, 0.5) is 10.1 Å². The van der Waals surface area contributed by atoms with Gasteiger partial charge in [0, 0.05) is 22.5 Å². The van der Waals surface area contributed by atoms with Crippen molar-refractivity contribution in [2.75, 3.05) is 11.9 Å². The van der Waals surface area contributed by atoms with Crippen molar-refractivity contribution < 1.29 is 27.6 Å². The van der Waals surface area contributed by atoms with E-state index < -0.39 is 36.1 Å². The van der Waals surface area contributed by atoms with Crippen LogP contribution in [0.3, 0.4) is 0 Å². The van der Waals surface area contributed by atoms with Crippen molar-refractivity contribution in [3.05, 3.63) is 52.1 Å². The summed E-state index contributed by atoms with van der Waals surface area (Å²) in [7, 11) is 0. The smallest absolute Gasteiger partial charge is 0.381 e. The Bertz CT molecular complexity index is 1080. The van der Waals surface area contributed by atoms with Gasteiger partial charge in [-0.15, -0.1) is 0 Å². The van der Waals surface area contributed by atoms with Crippen LogP contribution < -0.4 is 5.32 Å². The number of hydrogen-bond donors (Lipinski definition) is 1. The average molecular weight is 374 g/mol. The van der Waals surface area contributed by atoms with E-state index in [0.717, 1.165) is 12.1 Å². The monoisotopic (exact) mass is 374 g/mol. The lowest BCUT2D eigenvalue weighted by Crippen LogP contribution is -2.21. The van der Waals surface area contributed by atoms with Crippen LogP contribution in [-0.2, 0) is 16.5 Å². The summed E-state index contributed by atoms with van der Waals surface area (Å²) in [5.41, 5.74) is -0.910. The van der Waals surface area contributed by atoms with Crippen LogP contribution in [0.2, 0.25) is 0 Å². The van der Waals surface area contributed by atoms with E-state index in [1.807, 2.05) is 0 Å². The number of rotatable bonds is 5. The summed E-state index contributed by atoms with van der Waals surface area (Å²) in [5, 5.41) is 11.4. The molecule has 0 aliphatic carbocycles. The second-order valence-electron chi connectivity index (χ2n) is 5.58. The van der Waals surface area contributed by atoms with Crippen LogP contribution in [0.25, 0.3) is 0 Å². The first kappa shape index (κ1) is 15.8. The number of hydrogen-bond acceptors (Lipinski definition) is 5. The molecule has 27 heavy (non-hydrogen) atoms. The van der Waals surface area contributed by atoms with Crippen molar-refractivity contribution in [1.82, 2.24) is 4.57 Å². The Morgan fingerprint density at radius 3 is 2.67 bits per heavy atom. The predicted molar refractivity (Wildman–Crippen MR) is 94.9 cm³/mol. The van der Waals surface area contributed by atoms with Gasteiger partial charge in [-0.3, -0.25) is 9.59 Å². The number of benzene rings is 1. The Balaban J connectivity index is 2.58. The van der Waals surface area contributed by atoms with E-state index in [0.29, 0.717) is 4.57 Å². The Morgan fingerprint density at radius 1 is 1.37 bits per heavy atom.